The monoisotopic (exact) mass is 344 g/mol. The van der Waals surface area contributed by atoms with E-state index in [2.05, 4.69) is 34.8 Å². The van der Waals surface area contributed by atoms with Crippen molar-refractivity contribution in [2.24, 2.45) is 7.05 Å². The summed E-state index contributed by atoms with van der Waals surface area (Å²) in [6.07, 6.45) is 0. The Kier molecular flexibility index (Phi) is 4.37. The minimum absolute atomic E-state index is 0.111. The molecule has 1 amide bonds. The number of carbonyl (C=O) groups excluding carboxylic acids is 1. The summed E-state index contributed by atoms with van der Waals surface area (Å²) in [5.41, 5.74) is 5.73. The van der Waals surface area contributed by atoms with E-state index in [-0.39, 0.29) is 5.91 Å². The molecular formula is C18H21ClN4O. The number of benzene rings is 1. The molecule has 126 valence electrons. The van der Waals surface area contributed by atoms with E-state index in [0.717, 1.165) is 28.8 Å². The second kappa shape index (κ2) is 6.32. The van der Waals surface area contributed by atoms with Crippen LogP contribution in [0.2, 0.25) is 5.28 Å². The van der Waals surface area contributed by atoms with Gasteiger partial charge in [0.15, 0.2) is 0 Å². The van der Waals surface area contributed by atoms with Gasteiger partial charge in [0.1, 0.15) is 0 Å². The first-order chi connectivity index (χ1) is 11.4. The summed E-state index contributed by atoms with van der Waals surface area (Å²) in [5, 5.41) is 3.42. The van der Waals surface area contributed by atoms with Crippen molar-refractivity contribution >= 4 is 28.5 Å². The predicted molar refractivity (Wildman–Crippen MR) is 96.5 cm³/mol. The molecule has 5 nitrogen and oxygen atoms in total. The van der Waals surface area contributed by atoms with Gasteiger partial charge in [-0.1, -0.05) is 0 Å². The molecule has 0 bridgehead atoms. The van der Waals surface area contributed by atoms with Gasteiger partial charge in [-0.25, -0.2) is 4.98 Å². The maximum Gasteiger partial charge on any atom is 0.251 e. The molecule has 0 fully saturated rings. The average molecular weight is 345 g/mol. The number of amides is 1. The number of hydrogen-bond donors (Lipinski definition) is 1. The fourth-order valence-corrected chi connectivity index (χ4v) is 3.23. The maximum absolute atomic E-state index is 12.4. The van der Waals surface area contributed by atoms with Gasteiger partial charge in [-0.2, -0.15) is 0 Å². The van der Waals surface area contributed by atoms with Gasteiger partial charge in [-0.3, -0.25) is 4.79 Å². The Hall–Kier alpha value is -2.27. The van der Waals surface area contributed by atoms with Crippen molar-refractivity contribution < 1.29 is 4.79 Å². The van der Waals surface area contributed by atoms with Crippen LogP contribution in [0.4, 0.5) is 0 Å². The number of carbonyl (C=O) groups is 1. The Morgan fingerprint density at radius 3 is 2.67 bits per heavy atom. The largest absolute Gasteiger partial charge is 0.352 e. The van der Waals surface area contributed by atoms with Gasteiger partial charge in [0.2, 0.25) is 5.28 Å². The summed E-state index contributed by atoms with van der Waals surface area (Å²) in [5.74, 6) is -0.111. The molecule has 0 saturated carbocycles. The molecule has 0 spiro atoms. The molecule has 3 aromatic rings. The van der Waals surface area contributed by atoms with Crippen molar-refractivity contribution in [1.82, 2.24) is 19.4 Å². The Labute approximate surface area is 146 Å². The number of aromatic nitrogens is 3. The van der Waals surface area contributed by atoms with Crippen LogP contribution in [0.25, 0.3) is 11.0 Å². The zero-order valence-electron chi connectivity index (χ0n) is 14.4. The lowest BCUT2D eigenvalue weighted by Gasteiger charge is -2.06. The molecule has 6 heteroatoms. The number of fused-ring (bicyclic) bond motifs is 1. The van der Waals surface area contributed by atoms with Crippen LogP contribution in [-0.2, 0) is 20.1 Å². The van der Waals surface area contributed by atoms with E-state index >= 15 is 0 Å². The van der Waals surface area contributed by atoms with E-state index in [0.29, 0.717) is 17.4 Å². The average Bonchev–Trinajstić information content (AvgIpc) is 3.02. The second-order valence-corrected chi connectivity index (χ2v) is 6.30. The second-order valence-electron chi connectivity index (χ2n) is 5.97. The molecule has 0 unspecified atom stereocenters. The third kappa shape index (κ3) is 2.80. The molecular weight excluding hydrogens is 324 g/mol. The van der Waals surface area contributed by atoms with Crippen molar-refractivity contribution in [3.8, 4) is 0 Å². The van der Waals surface area contributed by atoms with Crippen molar-refractivity contribution in [2.45, 2.75) is 33.9 Å². The van der Waals surface area contributed by atoms with Crippen LogP contribution in [0.1, 0.15) is 34.2 Å². The van der Waals surface area contributed by atoms with E-state index < -0.39 is 0 Å². The summed E-state index contributed by atoms with van der Waals surface area (Å²) in [6.45, 7) is 7.37. The molecule has 24 heavy (non-hydrogen) atoms. The molecule has 0 aliphatic carbocycles. The minimum atomic E-state index is -0.111. The highest BCUT2D eigenvalue weighted by Gasteiger charge is 2.13. The molecule has 1 N–H and O–H groups in total. The van der Waals surface area contributed by atoms with Crippen molar-refractivity contribution in [2.75, 3.05) is 0 Å². The smallest absolute Gasteiger partial charge is 0.251 e. The number of halogens is 1. The highest BCUT2D eigenvalue weighted by Crippen LogP contribution is 2.21. The van der Waals surface area contributed by atoms with Gasteiger partial charge in [-0.15, -0.1) is 0 Å². The van der Waals surface area contributed by atoms with Crippen LogP contribution < -0.4 is 5.32 Å². The van der Waals surface area contributed by atoms with Crippen LogP contribution >= 0.6 is 11.6 Å². The molecule has 3 rings (SSSR count). The van der Waals surface area contributed by atoms with Crippen molar-refractivity contribution in [3.05, 3.63) is 52.1 Å². The van der Waals surface area contributed by atoms with Crippen molar-refractivity contribution in [3.63, 3.8) is 0 Å². The van der Waals surface area contributed by atoms with E-state index in [1.165, 1.54) is 5.69 Å². The van der Waals surface area contributed by atoms with E-state index in [9.17, 15) is 4.79 Å². The minimum Gasteiger partial charge on any atom is -0.352 e. The zero-order valence-corrected chi connectivity index (χ0v) is 15.1. The number of aryl methyl sites for hydroxylation is 2. The van der Waals surface area contributed by atoms with E-state index in [4.69, 9.17) is 11.6 Å². The lowest BCUT2D eigenvalue weighted by Crippen LogP contribution is -2.23. The lowest BCUT2D eigenvalue weighted by atomic mass is 10.1. The summed E-state index contributed by atoms with van der Waals surface area (Å²) < 4.78 is 4.03. The summed E-state index contributed by atoms with van der Waals surface area (Å²) in [4.78, 5) is 16.8. The third-order valence-corrected chi connectivity index (χ3v) is 4.89. The maximum atomic E-state index is 12.4. The first-order valence-electron chi connectivity index (χ1n) is 7.98. The summed E-state index contributed by atoms with van der Waals surface area (Å²) >= 11 is 6.12. The zero-order chi connectivity index (χ0) is 17.4. The quantitative estimate of drug-likeness (QED) is 0.786. The van der Waals surface area contributed by atoms with Crippen LogP contribution in [0, 0.1) is 13.8 Å². The fourth-order valence-electron chi connectivity index (χ4n) is 2.93. The van der Waals surface area contributed by atoms with E-state index in [1.807, 2.05) is 30.7 Å². The molecule has 0 radical (unpaired) electrons. The number of imidazole rings is 1. The van der Waals surface area contributed by atoms with Crippen LogP contribution in [-0.4, -0.2) is 20.0 Å². The van der Waals surface area contributed by atoms with Gasteiger partial charge in [0.25, 0.3) is 5.91 Å². The first-order valence-corrected chi connectivity index (χ1v) is 8.36. The van der Waals surface area contributed by atoms with Gasteiger partial charge in [0, 0.05) is 37.1 Å². The fraction of sp³-hybridized carbons (Fsp3) is 0.333. The Bertz CT molecular complexity index is 923. The third-order valence-electron chi connectivity index (χ3n) is 4.60. The SMILES string of the molecule is CCn1c(Cl)nc2cc(C(=O)NCc3cc(C)n(C)c3C)ccc21. The summed E-state index contributed by atoms with van der Waals surface area (Å²) in [7, 11) is 2.03. The first kappa shape index (κ1) is 16.6. The molecule has 0 saturated heterocycles. The highest BCUT2D eigenvalue weighted by molar-refractivity contribution is 6.29. The van der Waals surface area contributed by atoms with Crippen molar-refractivity contribution in [1.29, 1.82) is 0 Å². The van der Waals surface area contributed by atoms with Crippen LogP contribution in [0.3, 0.4) is 0 Å². The molecule has 0 atom stereocenters. The van der Waals surface area contributed by atoms with Gasteiger partial charge >= 0.3 is 0 Å². The predicted octanol–water partition coefficient (Wildman–Crippen LogP) is 3.59. The number of hydrogen-bond acceptors (Lipinski definition) is 2. The molecule has 2 aromatic heterocycles. The Balaban J connectivity index is 1.80. The molecule has 2 heterocycles. The molecule has 0 aliphatic rings. The Morgan fingerprint density at radius 1 is 1.29 bits per heavy atom. The standard InChI is InChI=1S/C18H21ClN4O/c1-5-23-16-7-6-13(9-15(16)21-18(23)19)17(24)20-10-14-8-11(2)22(4)12(14)3/h6-9H,5,10H2,1-4H3,(H,20,24). The van der Waals surface area contributed by atoms with Gasteiger partial charge in [-0.05, 0) is 62.2 Å². The normalized spacial score (nSPS) is 11.2. The molecule has 1 aromatic carbocycles. The molecule has 0 aliphatic heterocycles. The Morgan fingerprint density at radius 2 is 2.04 bits per heavy atom. The lowest BCUT2D eigenvalue weighted by molar-refractivity contribution is 0.0951. The van der Waals surface area contributed by atoms with Gasteiger partial charge < -0.3 is 14.5 Å². The number of nitrogens with zero attached hydrogens (tertiary/aromatic N) is 3. The number of rotatable bonds is 4. The number of nitrogens with one attached hydrogen (secondary N) is 1. The van der Waals surface area contributed by atoms with E-state index in [1.54, 1.807) is 6.07 Å². The van der Waals surface area contributed by atoms with Gasteiger partial charge in [0.05, 0.1) is 11.0 Å². The van der Waals surface area contributed by atoms with Crippen LogP contribution in [0.5, 0.6) is 0 Å². The van der Waals surface area contributed by atoms with Crippen LogP contribution in [0.15, 0.2) is 24.3 Å². The topological polar surface area (TPSA) is 51.9 Å². The summed E-state index contributed by atoms with van der Waals surface area (Å²) in [6, 6.07) is 7.59. The highest BCUT2D eigenvalue weighted by atomic mass is 35.5.